The van der Waals surface area contributed by atoms with Crippen molar-refractivity contribution in [2.45, 2.75) is 64.3 Å². The summed E-state index contributed by atoms with van der Waals surface area (Å²) < 4.78 is 5.03. The molecule has 1 saturated carbocycles. The maximum absolute atomic E-state index is 11.2. The van der Waals surface area contributed by atoms with E-state index in [9.17, 15) is 19.8 Å². The van der Waals surface area contributed by atoms with Crippen molar-refractivity contribution in [2.75, 3.05) is 7.05 Å². The minimum Gasteiger partial charge on any atom is -0.550 e. The van der Waals surface area contributed by atoms with Gasteiger partial charge in [-0.05, 0) is 52.0 Å². The van der Waals surface area contributed by atoms with E-state index < -0.39 is 17.7 Å². The Hall–Kier alpha value is -2.12. The Kier molecular flexibility index (Phi) is 8.72. The number of carboxylic acid groups (broad SMARTS) is 1. The number of benzene rings is 1. The number of aliphatic hydroxyl groups excluding tert-OH is 1. The minimum atomic E-state index is -1.08. The molecule has 1 amide bonds. The van der Waals surface area contributed by atoms with Crippen LogP contribution in [0.4, 0.5) is 4.79 Å². The first-order valence-corrected chi connectivity index (χ1v) is 9.25. The zero-order valence-electron chi connectivity index (χ0n) is 16.8. The molecule has 1 aliphatic rings. The number of carboxylic acids is 1. The number of likely N-dealkylation sites (N-methyl/N-ethyl adjacent to an activating group) is 1. The topological polar surface area (TPSA) is 115 Å². The monoisotopic (exact) mass is 380 g/mol. The molecule has 0 aliphatic heterocycles. The number of nitrogens with two attached hydrogens (primary N) is 1. The van der Waals surface area contributed by atoms with Crippen LogP contribution in [0.15, 0.2) is 30.3 Å². The van der Waals surface area contributed by atoms with Gasteiger partial charge in [0.2, 0.25) is 0 Å². The maximum Gasteiger partial charge on any atom is 0.407 e. The first-order chi connectivity index (χ1) is 12.5. The normalized spacial score (nSPS) is 20.5. The van der Waals surface area contributed by atoms with Gasteiger partial charge in [0.25, 0.3) is 0 Å². The van der Waals surface area contributed by atoms with Crippen molar-refractivity contribution in [1.29, 1.82) is 0 Å². The van der Waals surface area contributed by atoms with Crippen LogP contribution in [0.1, 0.15) is 52.2 Å². The molecular formula is C20H32N2O5. The fourth-order valence-corrected chi connectivity index (χ4v) is 2.46. The average molecular weight is 380 g/mol. The average Bonchev–Trinajstić information content (AvgIpc) is 3.29. The summed E-state index contributed by atoms with van der Waals surface area (Å²) in [7, 11) is 1.97. The van der Waals surface area contributed by atoms with Crippen LogP contribution in [0.2, 0.25) is 0 Å². The smallest absolute Gasteiger partial charge is 0.407 e. The van der Waals surface area contributed by atoms with Gasteiger partial charge in [0.05, 0.1) is 7.05 Å². The van der Waals surface area contributed by atoms with Crippen LogP contribution in [0.5, 0.6) is 0 Å². The molecule has 152 valence electrons. The Bertz CT molecular complexity index is 600. The molecule has 1 aromatic rings. The molecule has 0 spiro atoms. The third-order valence-corrected chi connectivity index (χ3v) is 4.22. The Morgan fingerprint density at radius 1 is 1.33 bits per heavy atom. The predicted molar refractivity (Wildman–Crippen MR) is 99.6 cm³/mol. The van der Waals surface area contributed by atoms with Crippen LogP contribution in [-0.4, -0.2) is 41.9 Å². The number of hydrogen-bond donors (Lipinski definition) is 3. The lowest BCUT2D eigenvalue weighted by Crippen LogP contribution is -2.86. The number of nitrogens with one attached hydrogen (secondary N) is 1. The number of hydrogen-bond acceptors (Lipinski definition) is 5. The molecule has 1 aromatic carbocycles. The van der Waals surface area contributed by atoms with E-state index in [1.54, 1.807) is 20.8 Å². The molecule has 0 unspecified atom stereocenters. The van der Waals surface area contributed by atoms with Crippen LogP contribution in [-0.2, 0) is 9.53 Å². The summed E-state index contributed by atoms with van der Waals surface area (Å²) in [5.41, 5.74) is 0.464. The fraction of sp³-hybridized carbons (Fsp3) is 0.600. The lowest BCUT2D eigenvalue weighted by atomic mass is 10.0. The van der Waals surface area contributed by atoms with Gasteiger partial charge in [-0.2, -0.15) is 0 Å². The highest BCUT2D eigenvalue weighted by Gasteiger charge is 2.38. The van der Waals surface area contributed by atoms with Gasteiger partial charge >= 0.3 is 6.09 Å². The van der Waals surface area contributed by atoms with Crippen LogP contribution >= 0.6 is 0 Å². The van der Waals surface area contributed by atoms with Crippen molar-refractivity contribution < 1.29 is 29.9 Å². The lowest BCUT2D eigenvalue weighted by molar-refractivity contribution is -0.669. The van der Waals surface area contributed by atoms with Gasteiger partial charge in [0, 0.05) is 12.0 Å². The first kappa shape index (κ1) is 22.9. The summed E-state index contributed by atoms with van der Waals surface area (Å²) in [5, 5.41) is 24.6. The van der Waals surface area contributed by atoms with Gasteiger partial charge in [0.1, 0.15) is 17.7 Å². The van der Waals surface area contributed by atoms with Gasteiger partial charge < -0.3 is 30.4 Å². The Labute approximate surface area is 161 Å². The van der Waals surface area contributed by atoms with E-state index in [1.807, 2.05) is 49.6 Å². The quantitative estimate of drug-likeness (QED) is 0.658. The summed E-state index contributed by atoms with van der Waals surface area (Å²) in [6.45, 7) is 7.34. The molecule has 0 heterocycles. The molecule has 0 aromatic heterocycles. The third kappa shape index (κ3) is 9.40. The molecule has 0 saturated heterocycles. The van der Waals surface area contributed by atoms with Crippen molar-refractivity contribution in [3.63, 3.8) is 0 Å². The van der Waals surface area contributed by atoms with Gasteiger partial charge in [-0.15, -0.1) is 0 Å². The van der Waals surface area contributed by atoms with Gasteiger partial charge in [-0.25, -0.2) is 4.79 Å². The van der Waals surface area contributed by atoms with Crippen molar-refractivity contribution in [1.82, 2.24) is 5.32 Å². The highest BCUT2D eigenvalue weighted by atomic mass is 16.6. The number of alkyl carbamates (subject to hydrolysis) is 1. The summed E-state index contributed by atoms with van der Waals surface area (Å²) in [5.74, 6) is -1.07. The van der Waals surface area contributed by atoms with Crippen molar-refractivity contribution in [2.24, 2.45) is 5.92 Å². The first-order valence-electron chi connectivity index (χ1n) is 9.25. The standard InChI is InChI=1S/C10H17NO4.C10H15NO/c1-10(2,3)15-9(14)11-7-4-6(7)5-8(12)13;1-8(11-2)10(12)9-6-4-3-5-7-9/h6-7H,4-5H2,1-3H3,(H,11,14)(H,12,13);3-8,10-12H,1-2H3/t6-,7+;8-,10-/m00/s1. The predicted octanol–water partition coefficient (Wildman–Crippen LogP) is 0.341. The van der Waals surface area contributed by atoms with E-state index in [0.717, 1.165) is 5.56 Å². The molecule has 7 nitrogen and oxygen atoms in total. The summed E-state index contributed by atoms with van der Waals surface area (Å²) in [6.07, 6.45) is -0.169. The molecular weight excluding hydrogens is 348 g/mol. The second kappa shape index (κ2) is 10.3. The maximum atomic E-state index is 11.2. The highest BCUT2D eigenvalue weighted by Crippen LogP contribution is 2.33. The number of ether oxygens (including phenoxy) is 1. The number of quaternary nitrogens is 1. The molecule has 0 bridgehead atoms. The molecule has 2 rings (SSSR count). The summed E-state index contributed by atoms with van der Waals surface area (Å²) in [4.78, 5) is 21.5. The second-order valence-electron chi connectivity index (χ2n) is 7.87. The number of rotatable bonds is 6. The number of carbonyl (C=O) groups is 2. The molecule has 1 aliphatic carbocycles. The Balaban J connectivity index is 0.000000277. The van der Waals surface area contributed by atoms with E-state index in [2.05, 4.69) is 5.32 Å². The molecule has 4 atom stereocenters. The summed E-state index contributed by atoms with van der Waals surface area (Å²) >= 11 is 0. The van der Waals surface area contributed by atoms with E-state index in [1.165, 1.54) is 0 Å². The SMILES string of the molecule is CC(C)(C)OC(=O)N[C@@H]1C[C@H]1CC(=O)[O-].C[NH2+][C@@H](C)[C@H](O)c1ccccc1. The highest BCUT2D eigenvalue weighted by molar-refractivity contribution is 5.69. The molecule has 1 fully saturated rings. The molecule has 0 radical (unpaired) electrons. The summed E-state index contributed by atoms with van der Waals surface area (Å²) in [6, 6.07) is 9.89. The minimum absolute atomic E-state index is 0.000461. The molecule has 27 heavy (non-hydrogen) atoms. The Morgan fingerprint density at radius 3 is 2.41 bits per heavy atom. The van der Waals surface area contributed by atoms with Gasteiger partial charge in [-0.3, -0.25) is 0 Å². The molecule has 7 heteroatoms. The number of aliphatic hydroxyl groups is 1. The van der Waals surface area contributed by atoms with E-state index in [0.29, 0.717) is 6.42 Å². The van der Waals surface area contributed by atoms with E-state index in [-0.39, 0.29) is 30.5 Å². The van der Waals surface area contributed by atoms with Crippen molar-refractivity contribution >= 4 is 12.1 Å². The van der Waals surface area contributed by atoms with Gasteiger partial charge in [0.15, 0.2) is 0 Å². The lowest BCUT2D eigenvalue weighted by Gasteiger charge is -2.19. The number of carbonyl (C=O) groups excluding carboxylic acids is 2. The van der Waals surface area contributed by atoms with Crippen molar-refractivity contribution in [3.8, 4) is 0 Å². The van der Waals surface area contributed by atoms with Gasteiger partial charge in [-0.1, -0.05) is 30.3 Å². The zero-order valence-corrected chi connectivity index (χ0v) is 16.8. The number of amides is 1. The van der Waals surface area contributed by atoms with E-state index in [4.69, 9.17) is 4.74 Å². The fourth-order valence-electron chi connectivity index (χ4n) is 2.46. The van der Waals surface area contributed by atoms with Crippen LogP contribution in [0.25, 0.3) is 0 Å². The third-order valence-electron chi connectivity index (χ3n) is 4.22. The number of aliphatic carboxylic acids is 1. The molecule has 4 N–H and O–H groups in total. The zero-order chi connectivity index (χ0) is 20.6. The van der Waals surface area contributed by atoms with Crippen molar-refractivity contribution in [3.05, 3.63) is 35.9 Å². The van der Waals surface area contributed by atoms with E-state index >= 15 is 0 Å². The van der Waals surface area contributed by atoms with Crippen LogP contribution in [0.3, 0.4) is 0 Å². The largest absolute Gasteiger partial charge is 0.550 e. The second-order valence-corrected chi connectivity index (χ2v) is 7.87. The van der Waals surface area contributed by atoms with Crippen LogP contribution < -0.4 is 15.7 Å². The van der Waals surface area contributed by atoms with Crippen LogP contribution in [0, 0.1) is 5.92 Å². The Morgan fingerprint density at radius 2 is 1.93 bits per heavy atom.